The predicted molar refractivity (Wildman–Crippen MR) is 148 cm³/mol. The molecule has 3 rings (SSSR count). The molecule has 0 radical (unpaired) electrons. The zero-order valence-corrected chi connectivity index (χ0v) is 22.4. The van der Waals surface area contributed by atoms with Crippen LogP contribution in [0.3, 0.4) is 0 Å². The second-order valence-electron chi connectivity index (χ2n) is 10.1. The van der Waals surface area contributed by atoms with Gasteiger partial charge in [-0.1, -0.05) is 87.5 Å². The minimum Gasteiger partial charge on any atom is -0.352 e. The summed E-state index contributed by atoms with van der Waals surface area (Å²) in [4.78, 5) is 28.9. The summed E-state index contributed by atoms with van der Waals surface area (Å²) in [6, 6.07) is 23.6. The Labute approximate surface area is 220 Å². The standard InChI is InChI=1S/C32H39FN2O2/c1-5-24(4)34-32(37)30(21-26-9-7-6-8-10-26)35(22-27-13-18-29(33)19-14-27)31(36)20-15-25-11-16-28(17-12-25)23(2)3/h6-14,16-19,23-24,30H,5,15,20-22H2,1-4H3,(H,34,37)/t24-,30-/m0/s1. The number of rotatable bonds is 12. The van der Waals surface area contributed by atoms with Crippen LogP contribution >= 0.6 is 0 Å². The molecular formula is C32H39FN2O2. The summed E-state index contributed by atoms with van der Waals surface area (Å²) >= 11 is 0. The maximum absolute atomic E-state index is 13.7. The monoisotopic (exact) mass is 502 g/mol. The van der Waals surface area contributed by atoms with Crippen LogP contribution in [0, 0.1) is 5.82 Å². The fraction of sp³-hybridized carbons (Fsp3) is 0.375. The van der Waals surface area contributed by atoms with E-state index in [1.165, 1.54) is 17.7 Å². The number of aryl methyl sites for hydroxylation is 1. The lowest BCUT2D eigenvalue weighted by atomic mass is 9.99. The lowest BCUT2D eigenvalue weighted by Crippen LogP contribution is -2.52. The number of hydrogen-bond donors (Lipinski definition) is 1. The predicted octanol–water partition coefficient (Wildman–Crippen LogP) is 6.44. The molecule has 0 heterocycles. The smallest absolute Gasteiger partial charge is 0.243 e. The Morgan fingerprint density at radius 3 is 2.05 bits per heavy atom. The van der Waals surface area contributed by atoms with E-state index < -0.39 is 6.04 Å². The van der Waals surface area contributed by atoms with Crippen LogP contribution in [0.25, 0.3) is 0 Å². The van der Waals surface area contributed by atoms with Crippen molar-refractivity contribution in [3.63, 3.8) is 0 Å². The topological polar surface area (TPSA) is 49.4 Å². The summed E-state index contributed by atoms with van der Waals surface area (Å²) in [6.45, 7) is 8.52. The molecule has 0 saturated carbocycles. The molecule has 0 spiro atoms. The molecule has 0 fully saturated rings. The molecule has 196 valence electrons. The fourth-order valence-electron chi connectivity index (χ4n) is 4.25. The fourth-order valence-corrected chi connectivity index (χ4v) is 4.25. The first-order valence-electron chi connectivity index (χ1n) is 13.2. The van der Waals surface area contributed by atoms with Crippen LogP contribution in [0.1, 0.15) is 68.7 Å². The Kier molecular flexibility index (Phi) is 10.4. The largest absolute Gasteiger partial charge is 0.352 e. The van der Waals surface area contributed by atoms with Gasteiger partial charge in [0.2, 0.25) is 11.8 Å². The summed E-state index contributed by atoms with van der Waals surface area (Å²) in [5, 5.41) is 3.08. The minimum absolute atomic E-state index is 0.00646. The first-order valence-corrected chi connectivity index (χ1v) is 13.2. The molecule has 0 aliphatic heterocycles. The molecule has 0 saturated heterocycles. The van der Waals surface area contributed by atoms with Crippen molar-refractivity contribution in [2.75, 3.05) is 0 Å². The van der Waals surface area contributed by atoms with Gasteiger partial charge in [-0.2, -0.15) is 0 Å². The van der Waals surface area contributed by atoms with Crippen LogP contribution in [0.15, 0.2) is 78.9 Å². The van der Waals surface area contributed by atoms with Gasteiger partial charge >= 0.3 is 0 Å². The molecule has 1 N–H and O–H groups in total. The molecule has 4 nitrogen and oxygen atoms in total. The molecule has 2 atom stereocenters. The lowest BCUT2D eigenvalue weighted by Gasteiger charge is -2.32. The van der Waals surface area contributed by atoms with Crippen molar-refractivity contribution in [1.29, 1.82) is 0 Å². The van der Waals surface area contributed by atoms with E-state index >= 15 is 0 Å². The van der Waals surface area contributed by atoms with Crippen molar-refractivity contribution in [2.45, 2.75) is 77.9 Å². The molecule has 0 aliphatic rings. The van der Waals surface area contributed by atoms with E-state index in [2.05, 4.69) is 43.4 Å². The van der Waals surface area contributed by atoms with Crippen LogP contribution in [0.5, 0.6) is 0 Å². The number of carbonyl (C=O) groups excluding carboxylic acids is 2. The zero-order valence-electron chi connectivity index (χ0n) is 22.4. The molecule has 37 heavy (non-hydrogen) atoms. The minimum atomic E-state index is -0.683. The van der Waals surface area contributed by atoms with Gasteiger partial charge in [0, 0.05) is 25.4 Å². The number of benzene rings is 3. The molecule has 0 unspecified atom stereocenters. The maximum atomic E-state index is 13.7. The van der Waals surface area contributed by atoms with Crippen molar-refractivity contribution in [3.8, 4) is 0 Å². The molecule has 3 aromatic carbocycles. The Hall–Kier alpha value is -3.47. The summed E-state index contributed by atoms with van der Waals surface area (Å²) in [5.41, 5.74) is 4.11. The molecule has 0 bridgehead atoms. The van der Waals surface area contributed by atoms with Gasteiger partial charge in [0.25, 0.3) is 0 Å². The molecule has 0 aromatic heterocycles. The number of amides is 2. The SMILES string of the molecule is CC[C@H](C)NC(=O)[C@H](Cc1ccccc1)N(Cc1ccc(F)cc1)C(=O)CCc1ccc(C(C)C)cc1. The quantitative estimate of drug-likeness (QED) is 0.310. The molecule has 0 aliphatic carbocycles. The highest BCUT2D eigenvalue weighted by atomic mass is 19.1. The number of halogens is 1. The Morgan fingerprint density at radius 1 is 0.838 bits per heavy atom. The van der Waals surface area contributed by atoms with Crippen LogP contribution in [-0.2, 0) is 29.0 Å². The van der Waals surface area contributed by atoms with Gasteiger partial charge in [0.15, 0.2) is 0 Å². The highest BCUT2D eigenvalue weighted by Crippen LogP contribution is 2.19. The second kappa shape index (κ2) is 13.7. The second-order valence-corrected chi connectivity index (χ2v) is 10.1. The Bertz CT molecular complexity index is 1130. The average Bonchev–Trinajstić information content (AvgIpc) is 2.91. The third-order valence-corrected chi connectivity index (χ3v) is 6.81. The van der Waals surface area contributed by atoms with Gasteiger partial charge in [-0.3, -0.25) is 9.59 Å². The summed E-state index contributed by atoms with van der Waals surface area (Å²) < 4.78 is 13.6. The third kappa shape index (κ3) is 8.56. The average molecular weight is 503 g/mol. The van der Waals surface area contributed by atoms with Gasteiger partial charge in [0.1, 0.15) is 11.9 Å². The Morgan fingerprint density at radius 2 is 1.46 bits per heavy atom. The number of carbonyl (C=O) groups is 2. The van der Waals surface area contributed by atoms with E-state index in [-0.39, 0.29) is 36.6 Å². The van der Waals surface area contributed by atoms with Crippen LogP contribution in [0.2, 0.25) is 0 Å². The van der Waals surface area contributed by atoms with Crippen molar-refractivity contribution < 1.29 is 14.0 Å². The van der Waals surface area contributed by atoms with Gasteiger partial charge in [-0.25, -0.2) is 4.39 Å². The highest BCUT2D eigenvalue weighted by molar-refractivity contribution is 5.88. The summed E-state index contributed by atoms with van der Waals surface area (Å²) in [7, 11) is 0. The number of hydrogen-bond acceptors (Lipinski definition) is 2. The van der Waals surface area contributed by atoms with Crippen LogP contribution in [0.4, 0.5) is 4.39 Å². The Balaban J connectivity index is 1.88. The van der Waals surface area contributed by atoms with E-state index in [9.17, 15) is 14.0 Å². The van der Waals surface area contributed by atoms with Crippen molar-refractivity contribution in [1.82, 2.24) is 10.2 Å². The number of nitrogens with zero attached hydrogens (tertiary/aromatic N) is 1. The van der Waals surface area contributed by atoms with Crippen LogP contribution < -0.4 is 5.32 Å². The van der Waals surface area contributed by atoms with E-state index in [4.69, 9.17) is 0 Å². The van der Waals surface area contributed by atoms with E-state index in [0.717, 1.165) is 23.1 Å². The first-order chi connectivity index (χ1) is 17.8. The maximum Gasteiger partial charge on any atom is 0.243 e. The lowest BCUT2D eigenvalue weighted by molar-refractivity contribution is -0.141. The van der Waals surface area contributed by atoms with E-state index in [1.54, 1.807) is 17.0 Å². The van der Waals surface area contributed by atoms with Gasteiger partial charge < -0.3 is 10.2 Å². The van der Waals surface area contributed by atoms with Crippen molar-refractivity contribution in [2.24, 2.45) is 0 Å². The normalized spacial score (nSPS) is 12.7. The van der Waals surface area contributed by atoms with Crippen LogP contribution in [-0.4, -0.2) is 28.8 Å². The third-order valence-electron chi connectivity index (χ3n) is 6.81. The zero-order chi connectivity index (χ0) is 26.8. The van der Waals surface area contributed by atoms with Gasteiger partial charge in [0.05, 0.1) is 0 Å². The van der Waals surface area contributed by atoms with E-state index in [0.29, 0.717) is 18.8 Å². The highest BCUT2D eigenvalue weighted by Gasteiger charge is 2.30. The molecule has 2 amide bonds. The summed E-state index contributed by atoms with van der Waals surface area (Å²) in [6.07, 6.45) is 2.06. The molecular weight excluding hydrogens is 463 g/mol. The summed E-state index contributed by atoms with van der Waals surface area (Å²) in [5.74, 6) is -0.154. The van der Waals surface area contributed by atoms with Crippen molar-refractivity contribution in [3.05, 3.63) is 107 Å². The van der Waals surface area contributed by atoms with Gasteiger partial charge in [-0.15, -0.1) is 0 Å². The molecule has 3 aromatic rings. The molecule has 5 heteroatoms. The van der Waals surface area contributed by atoms with Crippen molar-refractivity contribution >= 4 is 11.8 Å². The first kappa shape index (κ1) is 28.1. The number of nitrogens with one attached hydrogen (secondary N) is 1. The van der Waals surface area contributed by atoms with E-state index in [1.807, 2.05) is 44.2 Å². The van der Waals surface area contributed by atoms with Gasteiger partial charge in [-0.05, 0) is 60.1 Å².